The van der Waals surface area contributed by atoms with E-state index < -0.39 is 0 Å². The molecule has 0 aromatic carbocycles. The van der Waals surface area contributed by atoms with Crippen molar-refractivity contribution < 1.29 is 0 Å². The van der Waals surface area contributed by atoms with Gasteiger partial charge in [-0.25, -0.2) is 0 Å². The highest BCUT2D eigenvalue weighted by Gasteiger charge is 2.20. The van der Waals surface area contributed by atoms with Gasteiger partial charge in [-0.05, 0) is 75.2 Å². The molecular weight excluding hydrogens is 406 g/mol. The number of thiophene rings is 2. The van der Waals surface area contributed by atoms with Crippen molar-refractivity contribution in [2.45, 2.75) is 38.1 Å². The van der Waals surface area contributed by atoms with Crippen LogP contribution in [0.1, 0.15) is 46.2 Å². The van der Waals surface area contributed by atoms with Crippen molar-refractivity contribution in [3.05, 3.63) is 40.6 Å². The van der Waals surface area contributed by atoms with Crippen LogP contribution in [-0.2, 0) is 12.8 Å². The fraction of sp³-hybridized carbons (Fsp3) is 0.429. The van der Waals surface area contributed by atoms with E-state index in [1.165, 1.54) is 42.5 Å². The molecule has 1 aliphatic rings. The molecule has 2 N–H and O–H groups in total. The van der Waals surface area contributed by atoms with Crippen molar-refractivity contribution in [2.24, 2.45) is 5.73 Å². The maximum atomic E-state index is 6.45. The van der Waals surface area contributed by atoms with Gasteiger partial charge in [-0.2, -0.15) is 0 Å². The van der Waals surface area contributed by atoms with Crippen LogP contribution >= 0.6 is 54.5 Å². The van der Waals surface area contributed by atoms with Gasteiger partial charge in [0.25, 0.3) is 0 Å². The highest BCUT2D eigenvalue weighted by atomic mass is 79.9. The molecule has 0 radical (unpaired) electrons. The van der Waals surface area contributed by atoms with Crippen LogP contribution in [0, 0.1) is 0 Å². The van der Waals surface area contributed by atoms with E-state index in [9.17, 15) is 0 Å². The quantitative estimate of drug-likeness (QED) is 0.623. The summed E-state index contributed by atoms with van der Waals surface area (Å²) in [7, 11) is 0. The molecule has 0 amide bonds. The van der Waals surface area contributed by atoms with Gasteiger partial charge in [-0.15, -0.1) is 22.7 Å². The van der Waals surface area contributed by atoms with Crippen molar-refractivity contribution in [3.8, 4) is 0 Å². The Labute approximate surface area is 138 Å². The lowest BCUT2D eigenvalue weighted by Crippen LogP contribution is -2.09. The molecule has 0 saturated heterocycles. The van der Waals surface area contributed by atoms with E-state index in [1.807, 2.05) is 11.3 Å². The van der Waals surface area contributed by atoms with Gasteiger partial charge in [0.1, 0.15) is 0 Å². The van der Waals surface area contributed by atoms with Gasteiger partial charge in [-0.1, -0.05) is 6.42 Å². The number of hydrogen-bond donors (Lipinski definition) is 1. The standard InChI is InChI=1S/C14H15Br2NS2/c15-12-7-9(14(16)19-12)13(17)11-6-8-4-2-1-3-5-10(8)18-11/h6-7,13H,1-5,17H2. The van der Waals surface area contributed by atoms with Gasteiger partial charge in [0, 0.05) is 15.3 Å². The Morgan fingerprint density at radius 1 is 1.05 bits per heavy atom. The topological polar surface area (TPSA) is 26.0 Å². The maximum absolute atomic E-state index is 6.45. The number of aryl methyl sites for hydroxylation is 2. The van der Waals surface area contributed by atoms with Crippen LogP contribution < -0.4 is 5.73 Å². The first kappa shape index (κ1) is 14.3. The molecule has 1 atom stereocenters. The van der Waals surface area contributed by atoms with E-state index in [4.69, 9.17) is 5.73 Å². The van der Waals surface area contributed by atoms with Crippen LogP contribution in [0.3, 0.4) is 0 Å². The average Bonchev–Trinajstić information content (AvgIpc) is 2.85. The average molecular weight is 421 g/mol. The Balaban J connectivity index is 1.92. The minimum atomic E-state index is -0.00569. The second kappa shape index (κ2) is 5.98. The zero-order chi connectivity index (χ0) is 13.4. The van der Waals surface area contributed by atoms with E-state index >= 15 is 0 Å². The van der Waals surface area contributed by atoms with Crippen molar-refractivity contribution in [3.63, 3.8) is 0 Å². The van der Waals surface area contributed by atoms with Crippen LogP contribution in [0.2, 0.25) is 0 Å². The van der Waals surface area contributed by atoms with Crippen LogP contribution in [0.25, 0.3) is 0 Å². The van der Waals surface area contributed by atoms with Crippen LogP contribution in [0.4, 0.5) is 0 Å². The highest BCUT2D eigenvalue weighted by Crippen LogP contribution is 2.40. The number of nitrogens with two attached hydrogens (primary N) is 1. The SMILES string of the molecule is NC(c1cc2c(s1)CCCCC2)c1cc(Br)sc1Br. The second-order valence-corrected chi connectivity index (χ2v) is 9.83. The van der Waals surface area contributed by atoms with Crippen molar-refractivity contribution >= 4 is 54.5 Å². The third kappa shape index (κ3) is 3.00. The molecule has 102 valence electrons. The van der Waals surface area contributed by atoms with Crippen molar-refractivity contribution in [1.82, 2.24) is 0 Å². The molecule has 1 aliphatic carbocycles. The van der Waals surface area contributed by atoms with E-state index in [0.717, 1.165) is 7.57 Å². The summed E-state index contributed by atoms with van der Waals surface area (Å²) in [6.45, 7) is 0. The number of halogens is 2. The minimum absolute atomic E-state index is 0.00569. The summed E-state index contributed by atoms with van der Waals surface area (Å²) >= 11 is 10.7. The molecule has 19 heavy (non-hydrogen) atoms. The Kier molecular flexibility index (Phi) is 4.49. The Bertz CT molecular complexity index is 565. The smallest absolute Gasteiger partial charge is 0.0761 e. The van der Waals surface area contributed by atoms with Gasteiger partial charge in [0.2, 0.25) is 0 Å². The fourth-order valence-electron chi connectivity index (χ4n) is 2.56. The Hall–Kier alpha value is 0.320. The van der Waals surface area contributed by atoms with Crippen LogP contribution in [-0.4, -0.2) is 0 Å². The van der Waals surface area contributed by atoms with E-state index in [2.05, 4.69) is 44.0 Å². The lowest BCUT2D eigenvalue weighted by Gasteiger charge is -2.08. The molecule has 1 nitrogen and oxygen atoms in total. The Morgan fingerprint density at radius 3 is 2.58 bits per heavy atom. The van der Waals surface area contributed by atoms with Crippen molar-refractivity contribution in [1.29, 1.82) is 0 Å². The first-order chi connectivity index (χ1) is 9.15. The van der Waals surface area contributed by atoms with Crippen LogP contribution in [0.15, 0.2) is 19.7 Å². The zero-order valence-electron chi connectivity index (χ0n) is 10.4. The second-order valence-electron chi connectivity index (χ2n) is 4.92. The molecule has 0 saturated carbocycles. The number of hydrogen-bond acceptors (Lipinski definition) is 3. The molecule has 0 bridgehead atoms. The summed E-state index contributed by atoms with van der Waals surface area (Å²) in [4.78, 5) is 2.87. The molecule has 0 fully saturated rings. The predicted molar refractivity (Wildman–Crippen MR) is 91.3 cm³/mol. The first-order valence-corrected chi connectivity index (χ1v) is 9.69. The van der Waals surface area contributed by atoms with Gasteiger partial charge in [0.05, 0.1) is 13.6 Å². The van der Waals surface area contributed by atoms with Crippen LogP contribution in [0.5, 0.6) is 0 Å². The Morgan fingerprint density at radius 2 is 1.84 bits per heavy atom. The number of rotatable bonds is 2. The molecule has 3 rings (SSSR count). The molecule has 1 unspecified atom stereocenters. The molecular formula is C14H15Br2NS2. The summed E-state index contributed by atoms with van der Waals surface area (Å²) < 4.78 is 2.26. The normalized spacial score (nSPS) is 17.0. The van der Waals surface area contributed by atoms with E-state index in [1.54, 1.807) is 21.8 Å². The predicted octanol–water partition coefficient (Wildman–Crippen LogP) is 5.65. The summed E-state index contributed by atoms with van der Waals surface area (Å²) in [6.07, 6.45) is 6.49. The maximum Gasteiger partial charge on any atom is 0.0761 e. The third-order valence-electron chi connectivity index (χ3n) is 3.59. The van der Waals surface area contributed by atoms with Gasteiger partial charge in [0.15, 0.2) is 0 Å². The van der Waals surface area contributed by atoms with Gasteiger partial charge >= 0.3 is 0 Å². The lowest BCUT2D eigenvalue weighted by molar-refractivity contribution is 0.712. The summed E-state index contributed by atoms with van der Waals surface area (Å²) in [5.41, 5.74) is 9.18. The van der Waals surface area contributed by atoms with Gasteiger partial charge < -0.3 is 5.73 Å². The fourth-order valence-corrected chi connectivity index (χ4v) is 6.77. The minimum Gasteiger partial charge on any atom is -0.320 e. The van der Waals surface area contributed by atoms with Crippen molar-refractivity contribution in [2.75, 3.05) is 0 Å². The largest absolute Gasteiger partial charge is 0.320 e. The molecule has 0 aliphatic heterocycles. The molecule has 0 spiro atoms. The monoisotopic (exact) mass is 419 g/mol. The molecule has 2 aromatic rings. The highest BCUT2D eigenvalue weighted by molar-refractivity contribution is 9.12. The molecule has 2 aromatic heterocycles. The van der Waals surface area contributed by atoms with E-state index in [0.29, 0.717) is 0 Å². The zero-order valence-corrected chi connectivity index (χ0v) is 15.2. The number of fused-ring (bicyclic) bond motifs is 1. The first-order valence-electron chi connectivity index (χ1n) is 6.47. The summed E-state index contributed by atoms with van der Waals surface area (Å²) in [5.74, 6) is 0. The molecule has 5 heteroatoms. The summed E-state index contributed by atoms with van der Waals surface area (Å²) in [6, 6.07) is 4.46. The van der Waals surface area contributed by atoms with E-state index in [-0.39, 0.29) is 6.04 Å². The van der Waals surface area contributed by atoms with Gasteiger partial charge in [-0.3, -0.25) is 0 Å². The third-order valence-corrected chi connectivity index (χ3v) is 7.30. The lowest BCUT2D eigenvalue weighted by atomic mass is 10.1. The molecule has 2 heterocycles. The summed E-state index contributed by atoms with van der Waals surface area (Å²) in [5, 5.41) is 0.